The molecular formula is C21H25N5O4S. The van der Waals surface area contributed by atoms with E-state index in [0.717, 1.165) is 10.9 Å². The molecule has 0 fully saturated rings. The van der Waals surface area contributed by atoms with Crippen molar-refractivity contribution in [3.05, 3.63) is 60.6 Å². The van der Waals surface area contributed by atoms with Gasteiger partial charge in [0.25, 0.3) is 10.2 Å². The molecule has 9 nitrogen and oxygen atoms in total. The molecule has 31 heavy (non-hydrogen) atoms. The number of anilines is 1. The molecule has 10 heteroatoms. The first kappa shape index (κ1) is 22.6. The lowest BCUT2D eigenvalue weighted by atomic mass is 10.1. The quantitative estimate of drug-likeness (QED) is 0.390. The normalized spacial score (nSPS) is 11.4. The van der Waals surface area contributed by atoms with Gasteiger partial charge in [-0.15, -0.1) is 0 Å². The molecule has 2 aromatic heterocycles. The molecule has 1 amide bonds. The molecule has 164 valence electrons. The van der Waals surface area contributed by atoms with E-state index >= 15 is 0 Å². The number of aromatic nitrogens is 2. The summed E-state index contributed by atoms with van der Waals surface area (Å²) in [6.07, 6.45) is 7.33. The van der Waals surface area contributed by atoms with E-state index in [4.69, 9.17) is 9.88 Å². The Hall–Kier alpha value is -3.08. The van der Waals surface area contributed by atoms with Gasteiger partial charge < -0.3 is 10.1 Å². The van der Waals surface area contributed by atoms with Gasteiger partial charge in [-0.1, -0.05) is 12.5 Å². The summed E-state index contributed by atoms with van der Waals surface area (Å²) >= 11 is 0. The van der Waals surface area contributed by atoms with Crippen molar-refractivity contribution in [3.8, 4) is 5.75 Å². The highest BCUT2D eigenvalue weighted by atomic mass is 32.2. The van der Waals surface area contributed by atoms with Crippen LogP contribution < -0.4 is 19.9 Å². The minimum absolute atomic E-state index is 0.141. The fourth-order valence-electron chi connectivity index (χ4n) is 3.00. The number of nitrogens with one attached hydrogen (secondary N) is 2. The monoisotopic (exact) mass is 443 g/mol. The molecule has 3 aromatic rings. The molecule has 0 aliphatic carbocycles. The molecular weight excluding hydrogens is 418 g/mol. The highest BCUT2D eigenvalue weighted by Crippen LogP contribution is 2.28. The molecule has 0 aliphatic rings. The van der Waals surface area contributed by atoms with Gasteiger partial charge in [0.05, 0.1) is 11.2 Å². The fourth-order valence-corrected chi connectivity index (χ4v) is 3.43. The Morgan fingerprint density at radius 2 is 1.87 bits per heavy atom. The Bertz CT molecular complexity index is 1120. The lowest BCUT2D eigenvalue weighted by molar-refractivity contribution is -0.116. The van der Waals surface area contributed by atoms with Crippen molar-refractivity contribution in [2.24, 2.45) is 5.14 Å². The standard InChI is InChI=1S/C21H25N5O4S/c22-31(28,29)25-10-3-1-2-6-20(27)26-19-14-18(13-17-5-4-9-24-21(17)19)30-15-16-7-11-23-12-8-16/h4-5,7-9,11-14,25H,1-3,6,10,15H2,(H,26,27)(H2,22,28,29). The zero-order chi connectivity index (χ0) is 22.1. The van der Waals surface area contributed by atoms with Gasteiger partial charge in [-0.3, -0.25) is 14.8 Å². The summed E-state index contributed by atoms with van der Waals surface area (Å²) in [4.78, 5) is 20.8. The highest BCUT2D eigenvalue weighted by Gasteiger charge is 2.10. The van der Waals surface area contributed by atoms with E-state index in [1.54, 1.807) is 24.7 Å². The van der Waals surface area contributed by atoms with Crippen LogP contribution in [0.2, 0.25) is 0 Å². The summed E-state index contributed by atoms with van der Waals surface area (Å²) in [5.74, 6) is 0.485. The smallest absolute Gasteiger partial charge is 0.274 e. The Labute approximate surface area is 181 Å². The van der Waals surface area contributed by atoms with Crippen molar-refractivity contribution in [3.63, 3.8) is 0 Å². The van der Waals surface area contributed by atoms with E-state index in [9.17, 15) is 13.2 Å². The van der Waals surface area contributed by atoms with E-state index in [0.29, 0.717) is 49.2 Å². The van der Waals surface area contributed by atoms with Gasteiger partial charge in [-0.05, 0) is 42.7 Å². The molecule has 1 aromatic carbocycles. The fraction of sp³-hybridized carbons (Fsp3) is 0.286. The van der Waals surface area contributed by atoms with Gasteiger partial charge in [0.15, 0.2) is 0 Å². The minimum Gasteiger partial charge on any atom is -0.489 e. The third-order valence-corrected chi connectivity index (χ3v) is 5.10. The van der Waals surface area contributed by atoms with E-state index in [-0.39, 0.29) is 12.5 Å². The number of nitrogens with two attached hydrogens (primary N) is 1. The van der Waals surface area contributed by atoms with Gasteiger partial charge >= 0.3 is 0 Å². The molecule has 0 saturated carbocycles. The molecule has 0 bridgehead atoms. The number of ether oxygens (including phenoxy) is 1. The van der Waals surface area contributed by atoms with Crippen LogP contribution in [0.15, 0.2) is 55.0 Å². The Balaban J connectivity index is 1.59. The van der Waals surface area contributed by atoms with Crippen molar-refractivity contribution in [2.45, 2.75) is 32.3 Å². The van der Waals surface area contributed by atoms with Gasteiger partial charge in [-0.25, -0.2) is 9.86 Å². The predicted molar refractivity (Wildman–Crippen MR) is 119 cm³/mol. The number of amides is 1. The first-order valence-corrected chi connectivity index (χ1v) is 11.4. The molecule has 0 aliphatic heterocycles. The lowest BCUT2D eigenvalue weighted by Gasteiger charge is -2.12. The molecule has 0 radical (unpaired) electrons. The number of nitrogens with zero attached hydrogens (tertiary/aromatic N) is 2. The second-order valence-electron chi connectivity index (χ2n) is 6.99. The van der Waals surface area contributed by atoms with Crippen molar-refractivity contribution < 1.29 is 17.9 Å². The summed E-state index contributed by atoms with van der Waals surface area (Å²) in [6.45, 7) is 0.639. The number of fused-ring (bicyclic) bond motifs is 1. The molecule has 0 unspecified atom stereocenters. The van der Waals surface area contributed by atoms with Gasteiger partial charge in [0.2, 0.25) is 5.91 Å². The number of carbonyl (C=O) groups is 1. The van der Waals surface area contributed by atoms with E-state index in [1.165, 1.54) is 0 Å². The molecule has 2 heterocycles. The van der Waals surface area contributed by atoms with Crippen LogP contribution in [-0.4, -0.2) is 30.8 Å². The van der Waals surface area contributed by atoms with Crippen LogP contribution in [0.1, 0.15) is 31.2 Å². The van der Waals surface area contributed by atoms with Crippen LogP contribution in [0, 0.1) is 0 Å². The van der Waals surface area contributed by atoms with Crippen LogP contribution in [0.25, 0.3) is 10.9 Å². The first-order valence-electron chi connectivity index (χ1n) is 9.88. The van der Waals surface area contributed by atoms with Gasteiger partial charge in [-0.2, -0.15) is 8.42 Å². The summed E-state index contributed by atoms with van der Waals surface area (Å²) in [5, 5.41) is 8.65. The number of hydrogen-bond acceptors (Lipinski definition) is 6. The van der Waals surface area contributed by atoms with Crippen LogP contribution in [-0.2, 0) is 21.6 Å². The largest absolute Gasteiger partial charge is 0.489 e. The summed E-state index contributed by atoms with van der Waals surface area (Å²) in [6, 6.07) is 11.2. The highest BCUT2D eigenvalue weighted by molar-refractivity contribution is 7.87. The average Bonchev–Trinajstić information content (AvgIpc) is 2.75. The Morgan fingerprint density at radius 1 is 1.06 bits per heavy atom. The molecule has 0 saturated heterocycles. The third kappa shape index (κ3) is 7.59. The number of rotatable bonds is 11. The van der Waals surface area contributed by atoms with Crippen molar-refractivity contribution >= 4 is 32.7 Å². The number of unbranched alkanes of at least 4 members (excludes halogenated alkanes) is 2. The molecule has 4 N–H and O–H groups in total. The van der Waals surface area contributed by atoms with E-state index in [1.807, 2.05) is 30.3 Å². The Morgan fingerprint density at radius 3 is 2.65 bits per heavy atom. The van der Waals surface area contributed by atoms with Gasteiger partial charge in [0, 0.05) is 43.0 Å². The number of carbonyl (C=O) groups excluding carboxylic acids is 1. The maximum Gasteiger partial charge on any atom is 0.274 e. The van der Waals surface area contributed by atoms with Crippen molar-refractivity contribution in [1.82, 2.24) is 14.7 Å². The van der Waals surface area contributed by atoms with Crippen LogP contribution in [0.5, 0.6) is 5.75 Å². The predicted octanol–water partition coefficient (Wildman–Crippen LogP) is 2.50. The molecule has 0 atom stereocenters. The number of hydrogen-bond donors (Lipinski definition) is 3. The number of pyridine rings is 2. The zero-order valence-electron chi connectivity index (χ0n) is 17.0. The average molecular weight is 444 g/mol. The lowest BCUT2D eigenvalue weighted by Crippen LogP contribution is -2.31. The summed E-state index contributed by atoms with van der Waals surface area (Å²) in [7, 11) is -3.67. The molecule has 0 spiro atoms. The maximum atomic E-state index is 12.4. The minimum atomic E-state index is -3.67. The Kier molecular flexibility index (Phi) is 7.88. The van der Waals surface area contributed by atoms with E-state index < -0.39 is 10.2 Å². The van der Waals surface area contributed by atoms with Crippen molar-refractivity contribution in [2.75, 3.05) is 11.9 Å². The van der Waals surface area contributed by atoms with Crippen LogP contribution in [0.3, 0.4) is 0 Å². The maximum absolute atomic E-state index is 12.4. The number of benzene rings is 1. The SMILES string of the molecule is NS(=O)(=O)NCCCCCC(=O)Nc1cc(OCc2ccncc2)cc2cccnc12. The first-order chi connectivity index (χ1) is 14.9. The second-order valence-corrected chi connectivity index (χ2v) is 8.37. The van der Waals surface area contributed by atoms with E-state index in [2.05, 4.69) is 20.0 Å². The topological polar surface area (TPSA) is 136 Å². The van der Waals surface area contributed by atoms with Crippen LogP contribution in [0.4, 0.5) is 5.69 Å². The molecule has 3 rings (SSSR count). The summed E-state index contributed by atoms with van der Waals surface area (Å²) in [5.41, 5.74) is 2.26. The summed E-state index contributed by atoms with van der Waals surface area (Å²) < 4.78 is 29.8. The van der Waals surface area contributed by atoms with Crippen LogP contribution >= 0.6 is 0 Å². The second kappa shape index (κ2) is 10.8. The third-order valence-electron chi connectivity index (χ3n) is 4.49. The van der Waals surface area contributed by atoms with Crippen molar-refractivity contribution in [1.29, 1.82) is 0 Å². The zero-order valence-corrected chi connectivity index (χ0v) is 17.8. The van der Waals surface area contributed by atoms with Gasteiger partial charge in [0.1, 0.15) is 12.4 Å².